The average Bonchev–Trinajstić information content (AvgIpc) is 2.92. The van der Waals surface area contributed by atoms with Gasteiger partial charge in [-0.15, -0.1) is 0 Å². The summed E-state index contributed by atoms with van der Waals surface area (Å²) in [5.74, 6) is -2.72. The minimum Gasteiger partial charge on any atom is -0.461 e. The first kappa shape index (κ1) is 27.0. The minimum atomic E-state index is -1.13. The number of hydrogen-bond acceptors (Lipinski definition) is 8. The van der Waals surface area contributed by atoms with Crippen molar-refractivity contribution in [3.63, 3.8) is 0 Å². The van der Waals surface area contributed by atoms with E-state index in [4.69, 9.17) is 21.1 Å². The molecular weight excluding hydrogens is 530 g/mol. The van der Waals surface area contributed by atoms with E-state index >= 15 is 0 Å². The average molecular weight is 552 g/mol. The number of fused-ring (bicyclic) bond motifs is 1. The van der Waals surface area contributed by atoms with Gasteiger partial charge in [0.25, 0.3) is 5.91 Å². The lowest BCUT2D eigenvalue weighted by Gasteiger charge is -2.51. The van der Waals surface area contributed by atoms with Crippen LogP contribution in [0.1, 0.15) is 31.1 Å². The van der Waals surface area contributed by atoms with Crippen LogP contribution in [0.25, 0.3) is 0 Å². The molecule has 2 aromatic rings. The van der Waals surface area contributed by atoms with E-state index in [2.05, 4.69) is 0 Å². The Morgan fingerprint density at radius 3 is 2.16 bits per heavy atom. The third kappa shape index (κ3) is 5.16. The number of ether oxygens (including phenoxy) is 2. The van der Waals surface area contributed by atoms with Gasteiger partial charge < -0.3 is 9.47 Å². The van der Waals surface area contributed by atoms with Gasteiger partial charge in [0.15, 0.2) is 18.3 Å². The zero-order valence-corrected chi connectivity index (χ0v) is 21.9. The Kier molecular flexibility index (Phi) is 8.20. The molecule has 0 N–H and O–H groups in total. The fourth-order valence-electron chi connectivity index (χ4n) is 4.21. The van der Waals surface area contributed by atoms with Gasteiger partial charge in [-0.2, -0.15) is 5.26 Å². The summed E-state index contributed by atoms with van der Waals surface area (Å²) in [4.78, 5) is 53.0. The largest absolute Gasteiger partial charge is 0.461 e. The van der Waals surface area contributed by atoms with E-state index in [1.165, 1.54) is 24.3 Å². The van der Waals surface area contributed by atoms with Crippen LogP contribution in [0.15, 0.2) is 82.4 Å². The van der Waals surface area contributed by atoms with Gasteiger partial charge >= 0.3 is 11.9 Å². The highest BCUT2D eigenvalue weighted by atomic mass is 35.5. The summed E-state index contributed by atoms with van der Waals surface area (Å²) in [6, 6.07) is 17.0. The van der Waals surface area contributed by atoms with Crippen LogP contribution >= 0.6 is 23.4 Å². The Labute approximate surface area is 228 Å². The number of halogens is 1. The third-order valence-electron chi connectivity index (χ3n) is 5.95. The molecule has 9 nitrogen and oxygen atoms in total. The summed E-state index contributed by atoms with van der Waals surface area (Å²) < 4.78 is 11.2. The van der Waals surface area contributed by atoms with E-state index in [0.29, 0.717) is 16.0 Å². The summed E-state index contributed by atoms with van der Waals surface area (Å²) in [6.45, 7) is 2.04. The molecule has 0 aliphatic carbocycles. The lowest BCUT2D eigenvalue weighted by Crippen LogP contribution is -2.70. The molecule has 2 aliphatic rings. The van der Waals surface area contributed by atoms with Crippen LogP contribution in [0, 0.1) is 11.5 Å². The summed E-state index contributed by atoms with van der Waals surface area (Å²) in [5, 5.41) is 8.67. The van der Waals surface area contributed by atoms with E-state index in [1.54, 1.807) is 6.19 Å². The van der Waals surface area contributed by atoms with Crippen molar-refractivity contribution in [1.29, 1.82) is 5.26 Å². The zero-order chi connectivity index (χ0) is 27.4. The maximum Gasteiger partial charge on any atom is 0.356 e. The molecule has 2 aliphatic heterocycles. The van der Waals surface area contributed by atoms with Crippen molar-refractivity contribution in [3.05, 3.63) is 93.5 Å². The van der Waals surface area contributed by atoms with Gasteiger partial charge in [-0.25, -0.2) is 9.69 Å². The molecule has 0 saturated carbocycles. The predicted molar refractivity (Wildman–Crippen MR) is 139 cm³/mol. The van der Waals surface area contributed by atoms with Crippen molar-refractivity contribution in [2.45, 2.75) is 31.4 Å². The smallest absolute Gasteiger partial charge is 0.356 e. The van der Waals surface area contributed by atoms with Crippen LogP contribution in [-0.4, -0.2) is 51.6 Å². The number of rotatable bonds is 7. The van der Waals surface area contributed by atoms with Crippen LogP contribution in [0.5, 0.6) is 0 Å². The molecule has 0 radical (unpaired) electrons. The Hall–Kier alpha value is -4.07. The normalized spacial score (nSPS) is 19.4. The fourth-order valence-corrected chi connectivity index (χ4v) is 5.78. The van der Waals surface area contributed by atoms with E-state index in [0.717, 1.165) is 16.7 Å². The SMILES string of the molecule is CC(=O)OCC1=C(C(=O)OC(c2ccccc2)c2ccccc2)N2C(=O)C(N(C#N)C(C)=O)[C@@H]2SC1=CCl. The summed E-state index contributed by atoms with van der Waals surface area (Å²) >= 11 is 7.18. The second-order valence-corrected chi connectivity index (χ2v) is 9.71. The second-order valence-electron chi connectivity index (χ2n) is 8.34. The van der Waals surface area contributed by atoms with Crippen molar-refractivity contribution in [1.82, 2.24) is 9.80 Å². The molecule has 38 heavy (non-hydrogen) atoms. The van der Waals surface area contributed by atoms with Gasteiger partial charge in [0.1, 0.15) is 17.7 Å². The highest BCUT2D eigenvalue weighted by molar-refractivity contribution is 8.04. The number of thioether (sulfide) groups is 1. The molecule has 0 aromatic heterocycles. The van der Waals surface area contributed by atoms with Crippen molar-refractivity contribution in [3.8, 4) is 6.19 Å². The summed E-state index contributed by atoms with van der Waals surface area (Å²) in [6.07, 6.45) is 0.923. The van der Waals surface area contributed by atoms with Gasteiger partial charge in [0, 0.05) is 29.9 Å². The number of esters is 2. The predicted octanol–water partition coefficient (Wildman–Crippen LogP) is 3.83. The van der Waals surface area contributed by atoms with E-state index < -0.39 is 41.3 Å². The van der Waals surface area contributed by atoms with Crippen LogP contribution in [0.4, 0.5) is 0 Å². The fraction of sp³-hybridized carbons (Fsp3) is 0.222. The maximum atomic E-state index is 13.8. The molecule has 2 atom stereocenters. The number of nitrogens with zero attached hydrogens (tertiary/aromatic N) is 3. The number of hydrogen-bond donors (Lipinski definition) is 0. The molecule has 1 unspecified atom stereocenters. The second kappa shape index (κ2) is 11.5. The number of amides is 2. The van der Waals surface area contributed by atoms with Crippen molar-refractivity contribution < 1.29 is 28.7 Å². The molecule has 2 heterocycles. The first-order valence-electron chi connectivity index (χ1n) is 11.5. The molecule has 0 bridgehead atoms. The standard InChI is InChI=1S/C27H22ClN3O6S/c1-16(32)30(15-29)23-25(34)31-22(20(14-36-17(2)33)21(13-28)38-26(23)31)27(35)37-24(18-9-5-3-6-10-18)19-11-7-4-8-12-19/h3-13,23-24,26H,14H2,1-2H3/t23?,26-/m0/s1. The van der Waals surface area contributed by atoms with E-state index in [-0.39, 0.29) is 17.9 Å². The summed E-state index contributed by atoms with van der Waals surface area (Å²) in [5.41, 5.74) is 2.61. The van der Waals surface area contributed by atoms with Gasteiger partial charge in [-0.05, 0) is 11.1 Å². The van der Waals surface area contributed by atoms with Gasteiger partial charge in [0.2, 0.25) is 5.91 Å². The van der Waals surface area contributed by atoms with Gasteiger partial charge in [-0.3, -0.25) is 19.3 Å². The number of carbonyl (C=O) groups is 4. The molecule has 1 fully saturated rings. The number of β-lactam (4-membered cyclic amide) rings is 1. The lowest BCUT2D eigenvalue weighted by molar-refractivity contribution is -0.159. The summed E-state index contributed by atoms with van der Waals surface area (Å²) in [7, 11) is 0. The molecule has 0 spiro atoms. The van der Waals surface area contributed by atoms with Crippen LogP contribution < -0.4 is 0 Å². The van der Waals surface area contributed by atoms with E-state index in [9.17, 15) is 24.4 Å². The highest BCUT2D eigenvalue weighted by Gasteiger charge is 2.58. The van der Waals surface area contributed by atoms with Crippen molar-refractivity contribution in [2.24, 2.45) is 0 Å². The Morgan fingerprint density at radius 1 is 1.11 bits per heavy atom. The molecule has 4 rings (SSSR count). The van der Waals surface area contributed by atoms with Gasteiger partial charge in [-0.1, -0.05) is 84.0 Å². The first-order valence-corrected chi connectivity index (χ1v) is 12.8. The Balaban J connectivity index is 1.78. The molecule has 2 aromatic carbocycles. The van der Waals surface area contributed by atoms with Crippen LogP contribution in [-0.2, 0) is 28.7 Å². The van der Waals surface area contributed by atoms with Crippen molar-refractivity contribution in [2.75, 3.05) is 6.61 Å². The first-order chi connectivity index (χ1) is 18.3. The minimum absolute atomic E-state index is 0.165. The molecular formula is C27H22ClN3O6S. The lowest BCUT2D eigenvalue weighted by atomic mass is 9.99. The molecule has 1 saturated heterocycles. The third-order valence-corrected chi connectivity index (χ3v) is 7.63. The molecule has 194 valence electrons. The quantitative estimate of drug-likeness (QED) is 0.220. The van der Waals surface area contributed by atoms with Crippen LogP contribution in [0.3, 0.4) is 0 Å². The van der Waals surface area contributed by atoms with Crippen molar-refractivity contribution >= 4 is 47.1 Å². The maximum absolute atomic E-state index is 13.8. The van der Waals surface area contributed by atoms with E-state index in [1.807, 2.05) is 60.7 Å². The zero-order valence-electron chi connectivity index (χ0n) is 20.4. The Bertz CT molecular complexity index is 1330. The van der Waals surface area contributed by atoms with Crippen LogP contribution in [0.2, 0.25) is 0 Å². The molecule has 2 amide bonds. The number of benzene rings is 2. The highest BCUT2D eigenvalue weighted by Crippen LogP contribution is 2.48. The monoisotopic (exact) mass is 551 g/mol. The topological polar surface area (TPSA) is 117 Å². The number of nitriles is 1. The Morgan fingerprint density at radius 2 is 1.68 bits per heavy atom. The molecule has 11 heteroatoms. The van der Waals surface area contributed by atoms with Gasteiger partial charge in [0.05, 0.1) is 0 Å². The number of carbonyl (C=O) groups excluding carboxylic acids is 4.